The molecular formula is C13H30IN3OS. The molecule has 0 fully saturated rings. The summed E-state index contributed by atoms with van der Waals surface area (Å²) in [7, 11) is 1.72. The third-order valence-electron chi connectivity index (χ3n) is 2.58. The number of nitrogens with zero attached hydrogens (tertiary/aromatic N) is 1. The summed E-state index contributed by atoms with van der Waals surface area (Å²) < 4.78 is 5.36. The first-order chi connectivity index (χ1) is 8.55. The van der Waals surface area contributed by atoms with Crippen LogP contribution in [0.15, 0.2) is 4.99 Å². The van der Waals surface area contributed by atoms with Crippen LogP contribution < -0.4 is 10.6 Å². The van der Waals surface area contributed by atoms with Crippen LogP contribution in [-0.2, 0) is 4.74 Å². The summed E-state index contributed by atoms with van der Waals surface area (Å²) in [5, 5.41) is 6.60. The molecule has 0 aromatic heterocycles. The van der Waals surface area contributed by atoms with E-state index in [2.05, 4.69) is 28.8 Å². The highest BCUT2D eigenvalue weighted by atomic mass is 127. The highest BCUT2D eigenvalue weighted by Gasteiger charge is 2.15. The molecule has 2 N–H and O–H groups in total. The van der Waals surface area contributed by atoms with Crippen molar-refractivity contribution in [3.63, 3.8) is 0 Å². The average Bonchev–Trinajstić information content (AvgIpc) is 2.35. The van der Waals surface area contributed by atoms with Crippen LogP contribution in [0.1, 0.15) is 33.6 Å². The Balaban J connectivity index is 0. The van der Waals surface area contributed by atoms with E-state index >= 15 is 0 Å². The third kappa shape index (κ3) is 13.1. The zero-order valence-corrected chi connectivity index (χ0v) is 16.1. The van der Waals surface area contributed by atoms with Gasteiger partial charge in [-0.3, -0.25) is 4.99 Å². The predicted octanol–water partition coefficient (Wildman–Crippen LogP) is 2.73. The summed E-state index contributed by atoms with van der Waals surface area (Å²) in [6.45, 7) is 8.66. The monoisotopic (exact) mass is 403 g/mol. The molecule has 0 aromatic rings. The van der Waals surface area contributed by atoms with E-state index in [-0.39, 0.29) is 29.6 Å². The van der Waals surface area contributed by atoms with Crippen molar-refractivity contribution in [3.8, 4) is 0 Å². The minimum atomic E-state index is -0.207. The van der Waals surface area contributed by atoms with E-state index in [0.717, 1.165) is 19.0 Å². The summed E-state index contributed by atoms with van der Waals surface area (Å²) in [6.07, 6.45) is 4.57. The van der Waals surface area contributed by atoms with Crippen molar-refractivity contribution in [2.75, 3.05) is 38.8 Å². The van der Waals surface area contributed by atoms with Crippen molar-refractivity contribution >= 4 is 41.7 Å². The average molecular weight is 403 g/mol. The Kier molecular flexibility index (Phi) is 15.1. The summed E-state index contributed by atoms with van der Waals surface area (Å²) in [5.41, 5.74) is -0.207. The molecule has 4 nitrogen and oxygen atoms in total. The fraction of sp³-hybridized carbons (Fsp3) is 0.923. The molecule has 0 saturated heterocycles. The Morgan fingerprint density at radius 2 is 1.95 bits per heavy atom. The van der Waals surface area contributed by atoms with Gasteiger partial charge in [0, 0.05) is 20.2 Å². The Labute approximate surface area is 139 Å². The zero-order valence-electron chi connectivity index (χ0n) is 12.9. The fourth-order valence-corrected chi connectivity index (χ4v) is 1.75. The van der Waals surface area contributed by atoms with Gasteiger partial charge >= 0.3 is 0 Å². The van der Waals surface area contributed by atoms with Gasteiger partial charge in [-0.2, -0.15) is 11.8 Å². The van der Waals surface area contributed by atoms with Crippen LogP contribution in [0.3, 0.4) is 0 Å². The largest absolute Gasteiger partial charge is 0.377 e. The minimum absolute atomic E-state index is 0. The first kappa shape index (κ1) is 21.6. The lowest BCUT2D eigenvalue weighted by Crippen LogP contribution is -2.39. The normalized spacial score (nSPS) is 11.9. The van der Waals surface area contributed by atoms with Crippen molar-refractivity contribution in [1.82, 2.24) is 10.6 Å². The topological polar surface area (TPSA) is 45.7 Å². The van der Waals surface area contributed by atoms with E-state index in [1.54, 1.807) is 7.11 Å². The molecular weight excluding hydrogens is 373 g/mol. The molecule has 0 bridgehead atoms. The van der Waals surface area contributed by atoms with Crippen LogP contribution in [0.2, 0.25) is 0 Å². The highest BCUT2D eigenvalue weighted by molar-refractivity contribution is 14.0. The lowest BCUT2D eigenvalue weighted by atomic mass is 10.1. The first-order valence-electron chi connectivity index (χ1n) is 6.62. The molecule has 0 atom stereocenters. The second-order valence-electron chi connectivity index (χ2n) is 4.79. The van der Waals surface area contributed by atoms with E-state index in [0.29, 0.717) is 6.54 Å². The summed E-state index contributed by atoms with van der Waals surface area (Å²) in [4.78, 5) is 4.54. The molecule has 0 unspecified atom stereocenters. The van der Waals surface area contributed by atoms with Gasteiger partial charge in [0.05, 0.1) is 12.1 Å². The third-order valence-corrected chi connectivity index (χ3v) is 3.28. The van der Waals surface area contributed by atoms with Crippen LogP contribution in [0.4, 0.5) is 0 Å². The van der Waals surface area contributed by atoms with Gasteiger partial charge in [0.2, 0.25) is 0 Å². The molecule has 0 aliphatic rings. The standard InChI is InChI=1S/C13H29N3OS.HI/c1-6-14-12(15-9-7-8-10-18-5)16-11-13(2,3)17-4;/h6-11H2,1-5H3,(H2,14,15,16);1H. The number of thioether (sulfide) groups is 1. The van der Waals surface area contributed by atoms with Crippen molar-refractivity contribution in [3.05, 3.63) is 0 Å². The SMILES string of the molecule is CCNC(=NCC(C)(C)OC)NCCCCSC.I. The smallest absolute Gasteiger partial charge is 0.191 e. The lowest BCUT2D eigenvalue weighted by molar-refractivity contribution is 0.0310. The summed E-state index contributed by atoms with van der Waals surface area (Å²) >= 11 is 1.90. The maximum atomic E-state index is 5.36. The molecule has 0 aliphatic heterocycles. The molecule has 0 saturated carbocycles. The molecule has 6 heteroatoms. The molecule has 0 spiro atoms. The molecule has 0 aromatic carbocycles. The number of aliphatic imine (C=N–C) groups is 1. The second-order valence-corrected chi connectivity index (χ2v) is 5.77. The van der Waals surface area contributed by atoms with Crippen LogP contribution in [0.5, 0.6) is 0 Å². The van der Waals surface area contributed by atoms with Crippen molar-refractivity contribution in [2.45, 2.75) is 39.2 Å². The fourth-order valence-electron chi connectivity index (χ4n) is 1.25. The highest BCUT2D eigenvalue weighted by Crippen LogP contribution is 2.06. The number of ether oxygens (including phenoxy) is 1. The summed E-state index contributed by atoms with van der Waals surface area (Å²) in [5.74, 6) is 2.11. The number of hydrogen-bond donors (Lipinski definition) is 2. The van der Waals surface area contributed by atoms with Gasteiger partial charge in [-0.1, -0.05) is 0 Å². The maximum absolute atomic E-state index is 5.36. The Morgan fingerprint density at radius 1 is 1.26 bits per heavy atom. The molecule has 0 heterocycles. The van der Waals surface area contributed by atoms with Crippen LogP contribution in [-0.4, -0.2) is 50.3 Å². The van der Waals surface area contributed by atoms with Crippen molar-refractivity contribution in [2.24, 2.45) is 4.99 Å². The van der Waals surface area contributed by atoms with Gasteiger partial charge in [0.25, 0.3) is 0 Å². The Morgan fingerprint density at radius 3 is 2.47 bits per heavy atom. The number of unbranched alkanes of at least 4 members (excludes halogenated alkanes) is 1. The molecule has 0 rings (SSSR count). The van der Waals surface area contributed by atoms with Gasteiger partial charge in [0.1, 0.15) is 0 Å². The number of halogens is 1. The van der Waals surface area contributed by atoms with Gasteiger partial charge in [-0.05, 0) is 45.6 Å². The van der Waals surface area contributed by atoms with Crippen LogP contribution >= 0.6 is 35.7 Å². The molecule has 0 aliphatic carbocycles. The molecule has 0 radical (unpaired) electrons. The van der Waals surface area contributed by atoms with Gasteiger partial charge in [-0.25, -0.2) is 0 Å². The van der Waals surface area contributed by atoms with E-state index in [1.807, 2.05) is 25.6 Å². The van der Waals surface area contributed by atoms with E-state index in [4.69, 9.17) is 4.74 Å². The summed E-state index contributed by atoms with van der Waals surface area (Å²) in [6, 6.07) is 0. The van der Waals surface area contributed by atoms with Crippen molar-refractivity contribution < 1.29 is 4.74 Å². The van der Waals surface area contributed by atoms with E-state index in [9.17, 15) is 0 Å². The van der Waals surface area contributed by atoms with E-state index in [1.165, 1.54) is 18.6 Å². The number of methoxy groups -OCH3 is 1. The number of guanidine groups is 1. The number of hydrogen-bond acceptors (Lipinski definition) is 3. The van der Waals surface area contributed by atoms with Crippen molar-refractivity contribution in [1.29, 1.82) is 0 Å². The minimum Gasteiger partial charge on any atom is -0.377 e. The predicted molar refractivity (Wildman–Crippen MR) is 98.1 cm³/mol. The Hall–Kier alpha value is 0.310. The van der Waals surface area contributed by atoms with Crippen LogP contribution in [0.25, 0.3) is 0 Å². The quantitative estimate of drug-likeness (QED) is 0.269. The molecule has 19 heavy (non-hydrogen) atoms. The van der Waals surface area contributed by atoms with Gasteiger partial charge < -0.3 is 15.4 Å². The number of nitrogens with one attached hydrogen (secondary N) is 2. The second kappa shape index (κ2) is 13.3. The van der Waals surface area contributed by atoms with Gasteiger partial charge in [-0.15, -0.1) is 24.0 Å². The van der Waals surface area contributed by atoms with Gasteiger partial charge in [0.15, 0.2) is 5.96 Å². The van der Waals surface area contributed by atoms with Crippen LogP contribution in [0, 0.1) is 0 Å². The first-order valence-corrected chi connectivity index (χ1v) is 8.01. The molecule has 116 valence electrons. The lowest BCUT2D eigenvalue weighted by Gasteiger charge is -2.21. The Bertz CT molecular complexity index is 238. The maximum Gasteiger partial charge on any atom is 0.191 e. The molecule has 0 amide bonds. The number of rotatable bonds is 9. The van der Waals surface area contributed by atoms with E-state index < -0.39 is 0 Å². The zero-order chi connectivity index (χ0) is 13.9.